The maximum absolute atomic E-state index is 12.2. The number of halogens is 2. The van der Waals surface area contributed by atoms with Crippen molar-refractivity contribution in [1.82, 2.24) is 15.1 Å². The van der Waals surface area contributed by atoms with Gasteiger partial charge in [-0.05, 0) is 31.5 Å². The minimum atomic E-state index is -0.543. The molecule has 0 saturated carbocycles. The molecule has 0 aliphatic carbocycles. The number of hydrogen-bond acceptors (Lipinski definition) is 6. The molecule has 0 atom stereocenters. The average molecular weight is 453 g/mol. The van der Waals surface area contributed by atoms with Crippen LogP contribution in [-0.4, -0.2) is 27.2 Å². The largest absolute Gasteiger partial charge is 0.484 e. The number of ether oxygens (including phenoxy) is 1. The molecule has 0 radical (unpaired) electrons. The molecule has 1 amide bonds. The molecule has 30 heavy (non-hydrogen) atoms. The van der Waals surface area contributed by atoms with Crippen LogP contribution in [0.25, 0.3) is 0 Å². The lowest BCUT2D eigenvalue weighted by Crippen LogP contribution is -2.24. The SMILES string of the molecule is Cc1nn(CCCNC(=O)c2ccc(COc3ccc([N+](=O)[O-])cc3Cl)o2)cc1Cl. The number of non-ortho nitro benzene ring substituents is 1. The highest BCUT2D eigenvalue weighted by molar-refractivity contribution is 6.32. The molecule has 0 aliphatic rings. The third-order valence-corrected chi connectivity index (χ3v) is 4.78. The van der Waals surface area contributed by atoms with E-state index in [-0.39, 0.29) is 34.7 Å². The van der Waals surface area contributed by atoms with E-state index in [1.165, 1.54) is 18.2 Å². The van der Waals surface area contributed by atoms with Crippen LogP contribution in [0.15, 0.2) is 40.9 Å². The van der Waals surface area contributed by atoms with Gasteiger partial charge >= 0.3 is 0 Å². The summed E-state index contributed by atoms with van der Waals surface area (Å²) in [4.78, 5) is 22.4. The molecule has 2 aromatic heterocycles. The number of nitrogens with zero attached hydrogens (tertiary/aromatic N) is 3. The lowest BCUT2D eigenvalue weighted by molar-refractivity contribution is -0.384. The highest BCUT2D eigenvalue weighted by atomic mass is 35.5. The summed E-state index contributed by atoms with van der Waals surface area (Å²) < 4.78 is 12.7. The monoisotopic (exact) mass is 452 g/mol. The van der Waals surface area contributed by atoms with Gasteiger partial charge in [0.05, 0.1) is 20.7 Å². The number of carbonyl (C=O) groups is 1. The lowest BCUT2D eigenvalue weighted by atomic mass is 10.3. The second kappa shape index (κ2) is 9.64. The van der Waals surface area contributed by atoms with Crippen LogP contribution in [0.3, 0.4) is 0 Å². The van der Waals surface area contributed by atoms with E-state index in [1.54, 1.807) is 23.0 Å². The van der Waals surface area contributed by atoms with Crippen LogP contribution in [0.2, 0.25) is 10.0 Å². The molecular formula is C19H18Cl2N4O5. The molecule has 0 fully saturated rings. The van der Waals surface area contributed by atoms with Gasteiger partial charge in [-0.2, -0.15) is 5.10 Å². The topological polar surface area (TPSA) is 112 Å². The first kappa shape index (κ1) is 21.7. The Morgan fingerprint density at radius 2 is 2.10 bits per heavy atom. The van der Waals surface area contributed by atoms with Gasteiger partial charge in [0.15, 0.2) is 5.76 Å². The van der Waals surface area contributed by atoms with E-state index in [4.69, 9.17) is 32.4 Å². The van der Waals surface area contributed by atoms with Crippen LogP contribution in [-0.2, 0) is 13.2 Å². The molecule has 1 aromatic carbocycles. The number of nitro groups is 1. The van der Waals surface area contributed by atoms with E-state index in [1.807, 2.05) is 6.92 Å². The number of nitrogens with one attached hydrogen (secondary N) is 1. The number of nitro benzene ring substituents is 1. The molecule has 0 saturated heterocycles. The standard InChI is InChI=1S/C19H18Cl2N4O5/c1-12-16(21)10-24(23-12)8-2-7-22-19(26)18-6-4-14(30-18)11-29-17-5-3-13(25(27)28)9-15(17)20/h3-6,9-10H,2,7-8,11H2,1H3,(H,22,26). The summed E-state index contributed by atoms with van der Waals surface area (Å²) in [5.74, 6) is 0.500. The molecule has 158 valence electrons. The number of carbonyl (C=O) groups excluding carboxylic acids is 1. The number of furan rings is 1. The molecule has 11 heteroatoms. The lowest BCUT2D eigenvalue weighted by Gasteiger charge is -2.06. The van der Waals surface area contributed by atoms with Crippen LogP contribution in [0.5, 0.6) is 5.75 Å². The Hall–Kier alpha value is -3.04. The Morgan fingerprint density at radius 3 is 2.77 bits per heavy atom. The van der Waals surface area contributed by atoms with E-state index >= 15 is 0 Å². The molecule has 3 rings (SSSR count). The van der Waals surface area contributed by atoms with Crippen molar-refractivity contribution in [2.75, 3.05) is 6.54 Å². The van der Waals surface area contributed by atoms with Crippen LogP contribution in [0.1, 0.15) is 28.4 Å². The summed E-state index contributed by atoms with van der Waals surface area (Å²) in [5.41, 5.74) is 0.635. The van der Waals surface area contributed by atoms with E-state index in [0.717, 1.165) is 5.69 Å². The van der Waals surface area contributed by atoms with E-state index < -0.39 is 4.92 Å². The molecule has 0 bridgehead atoms. The zero-order valence-corrected chi connectivity index (χ0v) is 17.4. The summed E-state index contributed by atoms with van der Waals surface area (Å²) in [7, 11) is 0. The van der Waals surface area contributed by atoms with Crippen molar-refractivity contribution in [3.8, 4) is 5.75 Å². The molecule has 9 nitrogen and oxygen atoms in total. The minimum Gasteiger partial charge on any atom is -0.484 e. The van der Waals surface area contributed by atoms with Crippen molar-refractivity contribution >= 4 is 34.8 Å². The second-order valence-electron chi connectivity index (χ2n) is 6.36. The van der Waals surface area contributed by atoms with Crippen LogP contribution in [0.4, 0.5) is 5.69 Å². The zero-order chi connectivity index (χ0) is 21.7. The molecule has 2 heterocycles. The van der Waals surface area contributed by atoms with Crippen LogP contribution < -0.4 is 10.1 Å². The normalized spacial score (nSPS) is 10.8. The Labute approximate surface area is 181 Å². The van der Waals surface area contributed by atoms with Crippen molar-refractivity contribution < 1.29 is 18.9 Å². The predicted molar refractivity (Wildman–Crippen MR) is 110 cm³/mol. The molecule has 0 aliphatic heterocycles. The summed E-state index contributed by atoms with van der Waals surface area (Å²) in [6, 6.07) is 7.06. The molecule has 3 aromatic rings. The quantitative estimate of drug-likeness (QED) is 0.292. The van der Waals surface area contributed by atoms with Gasteiger partial charge < -0.3 is 14.5 Å². The van der Waals surface area contributed by atoms with Crippen molar-refractivity contribution in [2.24, 2.45) is 0 Å². The maximum Gasteiger partial charge on any atom is 0.286 e. The maximum atomic E-state index is 12.2. The number of benzene rings is 1. The Bertz CT molecular complexity index is 1040. The Balaban J connectivity index is 1.46. The van der Waals surface area contributed by atoms with Crippen molar-refractivity contribution in [3.05, 3.63) is 73.9 Å². The fourth-order valence-corrected chi connectivity index (χ4v) is 2.96. The average Bonchev–Trinajstić information content (AvgIpc) is 3.30. The number of aryl methyl sites for hydroxylation is 2. The van der Waals surface area contributed by atoms with Crippen molar-refractivity contribution in [1.29, 1.82) is 0 Å². The van der Waals surface area contributed by atoms with Gasteiger partial charge in [0.2, 0.25) is 0 Å². The van der Waals surface area contributed by atoms with Crippen molar-refractivity contribution in [3.63, 3.8) is 0 Å². The fraction of sp³-hybridized carbons (Fsp3) is 0.263. The fourth-order valence-electron chi connectivity index (χ4n) is 2.58. The third kappa shape index (κ3) is 5.52. The number of amides is 1. The van der Waals surface area contributed by atoms with Gasteiger partial charge in [-0.1, -0.05) is 23.2 Å². The summed E-state index contributed by atoms with van der Waals surface area (Å²) in [6.45, 7) is 2.92. The van der Waals surface area contributed by atoms with Crippen molar-refractivity contribution in [2.45, 2.75) is 26.5 Å². The number of rotatable bonds is 9. The predicted octanol–water partition coefficient (Wildman–Crippen LogP) is 4.40. The highest BCUT2D eigenvalue weighted by Crippen LogP contribution is 2.29. The first-order valence-electron chi connectivity index (χ1n) is 8.96. The van der Waals surface area contributed by atoms with Gasteiger partial charge in [0.1, 0.15) is 18.1 Å². The molecule has 1 N–H and O–H groups in total. The van der Waals surface area contributed by atoms with E-state index in [0.29, 0.717) is 30.3 Å². The summed E-state index contributed by atoms with van der Waals surface area (Å²) in [6.07, 6.45) is 2.42. The minimum absolute atomic E-state index is 0.0181. The van der Waals surface area contributed by atoms with Gasteiger partial charge in [0, 0.05) is 31.4 Å². The molecular weight excluding hydrogens is 435 g/mol. The van der Waals surface area contributed by atoms with E-state index in [2.05, 4.69) is 10.4 Å². The summed E-state index contributed by atoms with van der Waals surface area (Å²) >= 11 is 11.9. The van der Waals surface area contributed by atoms with Crippen LogP contribution >= 0.6 is 23.2 Å². The number of hydrogen-bond donors (Lipinski definition) is 1. The first-order valence-corrected chi connectivity index (χ1v) is 9.72. The first-order chi connectivity index (χ1) is 14.3. The zero-order valence-electron chi connectivity index (χ0n) is 15.9. The number of aromatic nitrogens is 2. The smallest absolute Gasteiger partial charge is 0.286 e. The van der Waals surface area contributed by atoms with Gasteiger partial charge in [-0.15, -0.1) is 0 Å². The highest BCUT2D eigenvalue weighted by Gasteiger charge is 2.13. The Morgan fingerprint density at radius 1 is 1.30 bits per heavy atom. The Kier molecular flexibility index (Phi) is 6.96. The molecule has 0 unspecified atom stereocenters. The van der Waals surface area contributed by atoms with Gasteiger partial charge in [-0.3, -0.25) is 19.6 Å². The third-order valence-electron chi connectivity index (χ3n) is 4.12. The van der Waals surface area contributed by atoms with Gasteiger partial charge in [0.25, 0.3) is 11.6 Å². The second-order valence-corrected chi connectivity index (χ2v) is 7.18. The summed E-state index contributed by atoms with van der Waals surface area (Å²) in [5, 5.41) is 18.5. The van der Waals surface area contributed by atoms with Gasteiger partial charge in [-0.25, -0.2) is 0 Å². The van der Waals surface area contributed by atoms with E-state index in [9.17, 15) is 14.9 Å². The van der Waals surface area contributed by atoms with Crippen LogP contribution in [0, 0.1) is 17.0 Å². The molecule has 0 spiro atoms.